The molecule has 2 unspecified atom stereocenters. The van der Waals surface area contributed by atoms with Gasteiger partial charge in [-0.15, -0.1) is 0 Å². The predicted molar refractivity (Wildman–Crippen MR) is 94.2 cm³/mol. The molecule has 2 rings (SSSR count). The summed E-state index contributed by atoms with van der Waals surface area (Å²) in [6.07, 6.45) is 4.05. The third-order valence-electron chi connectivity index (χ3n) is 4.94. The molecule has 0 aliphatic carbocycles. The van der Waals surface area contributed by atoms with E-state index in [4.69, 9.17) is 5.73 Å². The van der Waals surface area contributed by atoms with E-state index in [-0.39, 0.29) is 17.9 Å². The number of nitrogens with two attached hydrogens (primary N) is 1. The van der Waals surface area contributed by atoms with E-state index in [9.17, 15) is 4.79 Å². The highest BCUT2D eigenvalue weighted by Gasteiger charge is 2.27. The molecule has 0 radical (unpaired) electrons. The highest BCUT2D eigenvalue weighted by Crippen LogP contribution is 2.23. The normalized spacial score (nSPS) is 18.5. The second-order valence-corrected chi connectivity index (χ2v) is 6.64. The Morgan fingerprint density at radius 1 is 1.39 bits per heavy atom. The van der Waals surface area contributed by atoms with Crippen LogP contribution >= 0.6 is 0 Å². The van der Waals surface area contributed by atoms with E-state index in [1.165, 1.54) is 0 Å². The van der Waals surface area contributed by atoms with E-state index in [1.54, 1.807) is 0 Å². The maximum absolute atomic E-state index is 12.5. The van der Waals surface area contributed by atoms with Crippen molar-refractivity contribution in [3.8, 4) is 0 Å². The molecule has 1 fully saturated rings. The van der Waals surface area contributed by atoms with E-state index in [0.717, 1.165) is 44.8 Å². The van der Waals surface area contributed by atoms with Gasteiger partial charge in [0.25, 0.3) is 0 Å². The number of amides is 1. The van der Waals surface area contributed by atoms with E-state index < -0.39 is 0 Å². The Hall–Kier alpha value is -1.62. The summed E-state index contributed by atoms with van der Waals surface area (Å²) in [4.78, 5) is 21.2. The SMILES string of the molecule is CCN(CC1CCN(c2ccccn2)CC1)C(=O)C(C)C(C)N. The minimum absolute atomic E-state index is 0.0949. The summed E-state index contributed by atoms with van der Waals surface area (Å²) in [6, 6.07) is 5.94. The summed E-state index contributed by atoms with van der Waals surface area (Å²) < 4.78 is 0. The van der Waals surface area contributed by atoms with Crippen LogP contribution in [0, 0.1) is 11.8 Å². The molecule has 2 atom stereocenters. The van der Waals surface area contributed by atoms with Crippen molar-refractivity contribution in [1.82, 2.24) is 9.88 Å². The molecule has 5 heteroatoms. The summed E-state index contributed by atoms with van der Waals surface area (Å²) in [7, 11) is 0. The maximum Gasteiger partial charge on any atom is 0.226 e. The van der Waals surface area contributed by atoms with Crippen LogP contribution in [0.1, 0.15) is 33.6 Å². The molecule has 0 saturated carbocycles. The van der Waals surface area contributed by atoms with Crippen LogP contribution in [0.2, 0.25) is 0 Å². The Morgan fingerprint density at radius 2 is 2.09 bits per heavy atom. The Balaban J connectivity index is 1.86. The third-order valence-corrected chi connectivity index (χ3v) is 4.94. The van der Waals surface area contributed by atoms with Crippen molar-refractivity contribution in [3.05, 3.63) is 24.4 Å². The van der Waals surface area contributed by atoms with E-state index in [0.29, 0.717) is 5.92 Å². The zero-order chi connectivity index (χ0) is 16.8. The van der Waals surface area contributed by atoms with E-state index >= 15 is 0 Å². The van der Waals surface area contributed by atoms with Gasteiger partial charge in [0.2, 0.25) is 5.91 Å². The third kappa shape index (κ3) is 4.67. The topological polar surface area (TPSA) is 62.5 Å². The molecular formula is C18H30N4O. The smallest absolute Gasteiger partial charge is 0.226 e. The van der Waals surface area contributed by atoms with E-state index in [1.807, 2.05) is 37.1 Å². The van der Waals surface area contributed by atoms with Gasteiger partial charge in [0.05, 0.1) is 5.92 Å². The van der Waals surface area contributed by atoms with Gasteiger partial charge >= 0.3 is 0 Å². The van der Waals surface area contributed by atoms with Crippen LogP contribution in [0.25, 0.3) is 0 Å². The van der Waals surface area contributed by atoms with Crippen LogP contribution < -0.4 is 10.6 Å². The van der Waals surface area contributed by atoms with Crippen LogP contribution in [0.4, 0.5) is 5.82 Å². The van der Waals surface area contributed by atoms with Gasteiger partial charge in [-0.2, -0.15) is 0 Å². The minimum Gasteiger partial charge on any atom is -0.357 e. The Kier molecular flexibility index (Phi) is 6.39. The van der Waals surface area contributed by atoms with Crippen molar-refractivity contribution >= 4 is 11.7 Å². The molecule has 1 aromatic heterocycles. The number of piperidine rings is 1. The van der Waals surface area contributed by atoms with Crippen LogP contribution in [0.5, 0.6) is 0 Å². The first kappa shape index (κ1) is 17.7. The van der Waals surface area contributed by atoms with Crippen LogP contribution in [0.3, 0.4) is 0 Å². The van der Waals surface area contributed by atoms with Crippen LogP contribution in [-0.2, 0) is 4.79 Å². The summed E-state index contributed by atoms with van der Waals surface area (Å²) in [5, 5.41) is 0. The number of nitrogens with zero attached hydrogens (tertiary/aromatic N) is 3. The number of carbonyl (C=O) groups is 1. The molecule has 23 heavy (non-hydrogen) atoms. The lowest BCUT2D eigenvalue weighted by atomic mass is 9.95. The quantitative estimate of drug-likeness (QED) is 0.873. The molecule has 128 valence electrons. The standard InChI is InChI=1S/C18H30N4O/c1-4-21(18(23)14(2)15(3)19)13-16-8-11-22(12-9-16)17-7-5-6-10-20-17/h5-7,10,14-16H,4,8-9,11-13,19H2,1-3H3. The molecule has 1 aliphatic rings. The highest BCUT2D eigenvalue weighted by atomic mass is 16.2. The largest absolute Gasteiger partial charge is 0.357 e. The van der Waals surface area contributed by atoms with Gasteiger partial charge in [-0.05, 0) is 44.7 Å². The molecule has 0 spiro atoms. The average Bonchev–Trinajstić information content (AvgIpc) is 2.59. The summed E-state index contributed by atoms with van der Waals surface area (Å²) in [6.45, 7) is 9.52. The summed E-state index contributed by atoms with van der Waals surface area (Å²) in [5.41, 5.74) is 5.88. The van der Waals surface area contributed by atoms with Gasteiger partial charge in [-0.3, -0.25) is 4.79 Å². The average molecular weight is 318 g/mol. The number of rotatable bonds is 6. The van der Waals surface area contributed by atoms with Gasteiger partial charge in [-0.25, -0.2) is 4.98 Å². The fraction of sp³-hybridized carbons (Fsp3) is 0.667. The van der Waals surface area contributed by atoms with Gasteiger partial charge < -0.3 is 15.5 Å². The molecule has 0 bridgehead atoms. The first-order valence-electron chi connectivity index (χ1n) is 8.73. The van der Waals surface area contributed by atoms with Crippen LogP contribution in [0.15, 0.2) is 24.4 Å². The Bertz CT molecular complexity index is 483. The number of hydrogen-bond donors (Lipinski definition) is 1. The van der Waals surface area contributed by atoms with Crippen molar-refractivity contribution in [2.45, 2.75) is 39.7 Å². The molecule has 2 heterocycles. The number of carbonyl (C=O) groups excluding carboxylic acids is 1. The second kappa shape index (κ2) is 8.29. The summed E-state index contributed by atoms with van der Waals surface area (Å²) in [5.74, 6) is 1.71. The molecular weight excluding hydrogens is 288 g/mol. The molecule has 1 saturated heterocycles. The maximum atomic E-state index is 12.5. The molecule has 1 aliphatic heterocycles. The summed E-state index contributed by atoms with van der Waals surface area (Å²) >= 11 is 0. The molecule has 5 nitrogen and oxygen atoms in total. The molecule has 1 amide bonds. The number of anilines is 1. The fourth-order valence-corrected chi connectivity index (χ4v) is 3.08. The minimum atomic E-state index is -0.108. The number of pyridine rings is 1. The van der Waals surface area contributed by atoms with Crippen molar-refractivity contribution in [1.29, 1.82) is 0 Å². The first-order valence-corrected chi connectivity index (χ1v) is 8.73. The van der Waals surface area contributed by atoms with E-state index in [2.05, 4.69) is 22.9 Å². The molecule has 0 aromatic carbocycles. The predicted octanol–water partition coefficient (Wildman–Crippen LogP) is 2.13. The Labute approximate surface area is 139 Å². The number of aromatic nitrogens is 1. The second-order valence-electron chi connectivity index (χ2n) is 6.64. The first-order chi connectivity index (χ1) is 11.0. The van der Waals surface area contributed by atoms with Crippen molar-refractivity contribution in [2.75, 3.05) is 31.1 Å². The lowest BCUT2D eigenvalue weighted by Crippen LogP contribution is -2.45. The zero-order valence-electron chi connectivity index (χ0n) is 14.6. The molecule has 2 N–H and O–H groups in total. The lowest BCUT2D eigenvalue weighted by Gasteiger charge is -2.36. The lowest BCUT2D eigenvalue weighted by molar-refractivity contribution is -0.136. The monoisotopic (exact) mass is 318 g/mol. The highest BCUT2D eigenvalue weighted by molar-refractivity contribution is 5.79. The fourth-order valence-electron chi connectivity index (χ4n) is 3.08. The van der Waals surface area contributed by atoms with Gasteiger partial charge in [-0.1, -0.05) is 13.0 Å². The van der Waals surface area contributed by atoms with Crippen molar-refractivity contribution < 1.29 is 4.79 Å². The Morgan fingerprint density at radius 3 is 2.61 bits per heavy atom. The van der Waals surface area contributed by atoms with Gasteiger partial charge in [0.1, 0.15) is 5.82 Å². The van der Waals surface area contributed by atoms with Crippen LogP contribution in [-0.4, -0.2) is 48.0 Å². The molecule has 1 aromatic rings. The van der Waals surface area contributed by atoms with Crippen molar-refractivity contribution in [2.24, 2.45) is 17.6 Å². The van der Waals surface area contributed by atoms with Gasteiger partial charge in [0.15, 0.2) is 0 Å². The van der Waals surface area contributed by atoms with Crippen molar-refractivity contribution in [3.63, 3.8) is 0 Å². The number of hydrogen-bond acceptors (Lipinski definition) is 4. The van der Waals surface area contributed by atoms with Gasteiger partial charge in [0, 0.05) is 38.4 Å². The zero-order valence-corrected chi connectivity index (χ0v) is 14.6.